The molecule has 1 rings (SSSR count). The van der Waals surface area contributed by atoms with E-state index >= 15 is 0 Å². The van der Waals surface area contributed by atoms with Crippen LogP contribution < -0.4 is 15.4 Å². The lowest BCUT2D eigenvalue weighted by molar-refractivity contribution is 0.104. The van der Waals surface area contributed by atoms with Crippen molar-refractivity contribution in [2.45, 2.75) is 32.9 Å². The molecule has 0 saturated carbocycles. The Bertz CT molecular complexity index is 420. The molecule has 1 unspecified atom stereocenters. The van der Waals surface area contributed by atoms with Crippen molar-refractivity contribution >= 4 is 11.8 Å². The molecule has 0 aliphatic rings. The van der Waals surface area contributed by atoms with Gasteiger partial charge in [-0.05, 0) is 31.2 Å². The van der Waals surface area contributed by atoms with Crippen molar-refractivity contribution < 1.29 is 19.4 Å². The average Bonchev–Trinajstić information content (AvgIpc) is 2.44. The Morgan fingerprint density at radius 3 is 2.52 bits per heavy atom. The second kappa shape index (κ2) is 9.20. The zero-order valence-electron chi connectivity index (χ0n) is 12.8. The summed E-state index contributed by atoms with van der Waals surface area (Å²) in [7, 11) is 0. The van der Waals surface area contributed by atoms with Crippen LogP contribution in [0.4, 0.5) is 10.5 Å². The SMILES string of the molecule is CCOC(=O)Nc1ccc(OCC(O)CNC(C)C)cc1. The lowest BCUT2D eigenvalue weighted by Gasteiger charge is -2.15. The fraction of sp³-hybridized carbons (Fsp3) is 0.533. The second-order valence-electron chi connectivity index (χ2n) is 4.90. The third kappa shape index (κ3) is 7.53. The quantitative estimate of drug-likeness (QED) is 0.683. The van der Waals surface area contributed by atoms with Crippen molar-refractivity contribution in [2.75, 3.05) is 25.1 Å². The molecule has 0 bridgehead atoms. The number of carbonyl (C=O) groups is 1. The molecule has 0 aromatic heterocycles. The molecule has 0 heterocycles. The van der Waals surface area contributed by atoms with Gasteiger partial charge in [0, 0.05) is 18.3 Å². The maximum absolute atomic E-state index is 11.2. The average molecular weight is 296 g/mol. The molecular weight excluding hydrogens is 272 g/mol. The first-order valence-electron chi connectivity index (χ1n) is 7.09. The van der Waals surface area contributed by atoms with E-state index < -0.39 is 12.2 Å². The standard InChI is InChI=1S/C15H24N2O4/c1-4-20-15(19)17-12-5-7-14(8-6-12)21-10-13(18)9-16-11(2)3/h5-8,11,13,16,18H,4,9-10H2,1-3H3,(H,17,19). The van der Waals surface area contributed by atoms with E-state index in [1.807, 2.05) is 13.8 Å². The van der Waals surface area contributed by atoms with E-state index in [-0.39, 0.29) is 6.61 Å². The van der Waals surface area contributed by atoms with Crippen LogP contribution >= 0.6 is 0 Å². The zero-order valence-corrected chi connectivity index (χ0v) is 12.8. The van der Waals surface area contributed by atoms with Crippen molar-refractivity contribution in [1.29, 1.82) is 0 Å². The van der Waals surface area contributed by atoms with Gasteiger partial charge in [0.15, 0.2) is 0 Å². The molecule has 118 valence electrons. The minimum Gasteiger partial charge on any atom is -0.491 e. The number of ether oxygens (including phenoxy) is 2. The van der Waals surface area contributed by atoms with E-state index in [4.69, 9.17) is 9.47 Å². The van der Waals surface area contributed by atoms with Crippen LogP contribution in [0.3, 0.4) is 0 Å². The molecule has 21 heavy (non-hydrogen) atoms. The summed E-state index contributed by atoms with van der Waals surface area (Å²) in [6.07, 6.45) is -1.05. The Kier molecular flexibility index (Phi) is 7.56. The molecule has 6 nitrogen and oxygen atoms in total. The van der Waals surface area contributed by atoms with Crippen LogP contribution in [0.5, 0.6) is 5.75 Å². The highest BCUT2D eigenvalue weighted by Crippen LogP contribution is 2.16. The molecule has 3 N–H and O–H groups in total. The number of hydrogen-bond acceptors (Lipinski definition) is 5. The van der Waals surface area contributed by atoms with Gasteiger partial charge >= 0.3 is 6.09 Å². The molecule has 0 aliphatic carbocycles. The number of amides is 1. The molecule has 0 radical (unpaired) electrons. The summed E-state index contributed by atoms with van der Waals surface area (Å²) in [5, 5.41) is 15.5. The Morgan fingerprint density at radius 2 is 1.95 bits per heavy atom. The lowest BCUT2D eigenvalue weighted by Crippen LogP contribution is -2.35. The van der Waals surface area contributed by atoms with E-state index in [9.17, 15) is 9.90 Å². The Balaban J connectivity index is 2.35. The van der Waals surface area contributed by atoms with Gasteiger partial charge < -0.3 is 19.9 Å². The summed E-state index contributed by atoms with van der Waals surface area (Å²) in [6, 6.07) is 7.21. The van der Waals surface area contributed by atoms with E-state index in [0.717, 1.165) is 0 Å². The molecular formula is C15H24N2O4. The van der Waals surface area contributed by atoms with Crippen LogP contribution in [0.25, 0.3) is 0 Å². The number of aliphatic hydroxyl groups excluding tert-OH is 1. The molecule has 1 aromatic carbocycles. The summed E-state index contributed by atoms with van der Waals surface area (Å²) >= 11 is 0. The van der Waals surface area contributed by atoms with Crippen molar-refractivity contribution in [3.05, 3.63) is 24.3 Å². The first kappa shape index (κ1) is 17.3. The van der Waals surface area contributed by atoms with Crippen LogP contribution in [-0.4, -0.2) is 43.1 Å². The smallest absolute Gasteiger partial charge is 0.411 e. The summed E-state index contributed by atoms with van der Waals surface area (Å²) in [5.74, 6) is 0.632. The highest BCUT2D eigenvalue weighted by molar-refractivity contribution is 5.84. The fourth-order valence-corrected chi connectivity index (χ4v) is 1.54. The van der Waals surface area contributed by atoms with Gasteiger partial charge in [-0.2, -0.15) is 0 Å². The predicted molar refractivity (Wildman–Crippen MR) is 81.7 cm³/mol. The van der Waals surface area contributed by atoms with Gasteiger partial charge in [0.05, 0.1) is 6.61 Å². The van der Waals surface area contributed by atoms with Gasteiger partial charge in [-0.3, -0.25) is 5.32 Å². The molecule has 0 fully saturated rings. The number of rotatable bonds is 8. The van der Waals surface area contributed by atoms with E-state index in [1.165, 1.54) is 0 Å². The second-order valence-corrected chi connectivity index (χ2v) is 4.90. The van der Waals surface area contributed by atoms with Gasteiger partial charge in [0.1, 0.15) is 18.5 Å². The van der Waals surface area contributed by atoms with E-state index in [2.05, 4.69) is 10.6 Å². The predicted octanol–water partition coefficient (Wildman–Crippen LogP) is 1.99. The van der Waals surface area contributed by atoms with Gasteiger partial charge in [-0.1, -0.05) is 13.8 Å². The number of carbonyl (C=O) groups excluding carboxylic acids is 1. The molecule has 6 heteroatoms. The molecule has 1 amide bonds. The third-order valence-corrected chi connectivity index (χ3v) is 2.58. The van der Waals surface area contributed by atoms with Crippen molar-refractivity contribution in [1.82, 2.24) is 5.32 Å². The molecule has 1 aromatic rings. The molecule has 0 spiro atoms. The van der Waals surface area contributed by atoms with E-state index in [0.29, 0.717) is 30.6 Å². The highest BCUT2D eigenvalue weighted by Gasteiger charge is 2.06. The summed E-state index contributed by atoms with van der Waals surface area (Å²) in [4.78, 5) is 11.2. The maximum Gasteiger partial charge on any atom is 0.411 e. The van der Waals surface area contributed by atoms with Gasteiger partial charge in [0.25, 0.3) is 0 Å². The minimum absolute atomic E-state index is 0.213. The van der Waals surface area contributed by atoms with Gasteiger partial charge in [0.2, 0.25) is 0 Å². The molecule has 0 saturated heterocycles. The van der Waals surface area contributed by atoms with Crippen molar-refractivity contribution in [2.24, 2.45) is 0 Å². The highest BCUT2D eigenvalue weighted by atomic mass is 16.5. The largest absolute Gasteiger partial charge is 0.491 e. The first-order valence-corrected chi connectivity index (χ1v) is 7.09. The van der Waals surface area contributed by atoms with Crippen LogP contribution in [0, 0.1) is 0 Å². The summed E-state index contributed by atoms with van der Waals surface area (Å²) in [5.41, 5.74) is 0.628. The van der Waals surface area contributed by atoms with E-state index in [1.54, 1.807) is 31.2 Å². The molecule has 1 atom stereocenters. The number of nitrogens with one attached hydrogen (secondary N) is 2. The number of aliphatic hydroxyl groups is 1. The molecule has 0 aliphatic heterocycles. The Labute approximate surface area is 125 Å². The van der Waals surface area contributed by atoms with Gasteiger partial charge in [-0.15, -0.1) is 0 Å². The zero-order chi connectivity index (χ0) is 15.7. The Hall–Kier alpha value is -1.79. The number of anilines is 1. The topological polar surface area (TPSA) is 79.8 Å². The lowest BCUT2D eigenvalue weighted by atomic mass is 10.3. The van der Waals surface area contributed by atoms with Crippen molar-refractivity contribution in [3.63, 3.8) is 0 Å². The summed E-state index contributed by atoms with van der Waals surface area (Å²) < 4.78 is 10.3. The number of benzene rings is 1. The summed E-state index contributed by atoms with van der Waals surface area (Å²) in [6.45, 7) is 6.81. The fourth-order valence-electron chi connectivity index (χ4n) is 1.54. The van der Waals surface area contributed by atoms with Crippen LogP contribution in [0.15, 0.2) is 24.3 Å². The van der Waals surface area contributed by atoms with Crippen LogP contribution in [-0.2, 0) is 4.74 Å². The third-order valence-electron chi connectivity index (χ3n) is 2.58. The number of hydrogen-bond donors (Lipinski definition) is 3. The van der Waals surface area contributed by atoms with Crippen LogP contribution in [0.1, 0.15) is 20.8 Å². The minimum atomic E-state index is -0.565. The van der Waals surface area contributed by atoms with Crippen LogP contribution in [0.2, 0.25) is 0 Å². The van der Waals surface area contributed by atoms with Crippen molar-refractivity contribution in [3.8, 4) is 5.75 Å². The maximum atomic E-state index is 11.2. The Morgan fingerprint density at radius 1 is 1.29 bits per heavy atom. The normalized spacial score (nSPS) is 12.0. The van der Waals surface area contributed by atoms with Gasteiger partial charge in [-0.25, -0.2) is 4.79 Å². The monoisotopic (exact) mass is 296 g/mol. The first-order chi connectivity index (χ1) is 10.0.